The lowest BCUT2D eigenvalue weighted by Crippen LogP contribution is -2.14. The molecule has 1 aromatic heterocycles. The van der Waals surface area contributed by atoms with Crippen molar-refractivity contribution in [2.24, 2.45) is 0 Å². The third-order valence-corrected chi connectivity index (χ3v) is 5.31. The number of fused-ring (bicyclic) bond motifs is 1. The van der Waals surface area contributed by atoms with Gasteiger partial charge in [-0.25, -0.2) is 0 Å². The third kappa shape index (κ3) is 4.25. The number of ether oxygens (including phenoxy) is 3. The van der Waals surface area contributed by atoms with Gasteiger partial charge in [0.2, 0.25) is 12.7 Å². The monoisotopic (exact) mass is 424 g/mol. The number of carbonyl (C=O) groups excluding carboxylic acids is 1. The van der Waals surface area contributed by atoms with Crippen LogP contribution in [-0.2, 0) is 11.3 Å². The molecule has 1 N–H and O–H groups in total. The SMILES string of the molecule is C=CCn1c(SCC(=O)Nc2cccc(OC)c2)nnc1-c1ccc2c(c1)OCO2. The topological polar surface area (TPSA) is 87.5 Å². The van der Waals surface area contributed by atoms with Crippen molar-refractivity contribution in [3.8, 4) is 28.6 Å². The lowest BCUT2D eigenvalue weighted by Gasteiger charge is -2.09. The maximum Gasteiger partial charge on any atom is 0.234 e. The van der Waals surface area contributed by atoms with Crippen molar-refractivity contribution in [1.82, 2.24) is 14.8 Å². The summed E-state index contributed by atoms with van der Waals surface area (Å²) in [5, 5.41) is 12.1. The molecular formula is C21H20N4O4S. The summed E-state index contributed by atoms with van der Waals surface area (Å²) < 4.78 is 17.9. The smallest absolute Gasteiger partial charge is 0.234 e. The van der Waals surface area contributed by atoms with Gasteiger partial charge in [0.25, 0.3) is 0 Å². The first-order valence-corrected chi connectivity index (χ1v) is 10.2. The van der Waals surface area contributed by atoms with Crippen molar-refractivity contribution in [2.45, 2.75) is 11.7 Å². The number of thioether (sulfide) groups is 1. The molecule has 154 valence electrons. The maximum atomic E-state index is 12.4. The molecule has 4 rings (SSSR count). The Morgan fingerprint density at radius 3 is 2.97 bits per heavy atom. The molecule has 2 aromatic carbocycles. The lowest BCUT2D eigenvalue weighted by atomic mass is 10.2. The third-order valence-electron chi connectivity index (χ3n) is 4.35. The molecule has 0 radical (unpaired) electrons. The molecule has 0 saturated heterocycles. The van der Waals surface area contributed by atoms with E-state index in [-0.39, 0.29) is 18.5 Å². The molecule has 1 aliphatic heterocycles. The number of anilines is 1. The van der Waals surface area contributed by atoms with Crippen LogP contribution >= 0.6 is 11.8 Å². The van der Waals surface area contributed by atoms with Crippen molar-refractivity contribution >= 4 is 23.4 Å². The number of hydrogen-bond donors (Lipinski definition) is 1. The molecule has 0 fully saturated rings. The van der Waals surface area contributed by atoms with Gasteiger partial charge in [-0.3, -0.25) is 9.36 Å². The van der Waals surface area contributed by atoms with E-state index < -0.39 is 0 Å². The number of rotatable bonds is 8. The number of nitrogens with one attached hydrogen (secondary N) is 1. The lowest BCUT2D eigenvalue weighted by molar-refractivity contribution is -0.113. The molecule has 30 heavy (non-hydrogen) atoms. The molecule has 0 atom stereocenters. The van der Waals surface area contributed by atoms with Gasteiger partial charge in [-0.2, -0.15) is 0 Å². The van der Waals surface area contributed by atoms with Crippen LogP contribution in [0.3, 0.4) is 0 Å². The van der Waals surface area contributed by atoms with E-state index in [1.54, 1.807) is 19.3 Å². The van der Waals surface area contributed by atoms with E-state index in [1.807, 2.05) is 41.0 Å². The van der Waals surface area contributed by atoms with Crippen molar-refractivity contribution < 1.29 is 19.0 Å². The number of carbonyl (C=O) groups is 1. The van der Waals surface area contributed by atoms with Crippen LogP contribution in [0.4, 0.5) is 5.69 Å². The zero-order valence-electron chi connectivity index (χ0n) is 16.3. The molecule has 0 unspecified atom stereocenters. The summed E-state index contributed by atoms with van der Waals surface area (Å²) in [6, 6.07) is 12.8. The zero-order chi connectivity index (χ0) is 20.9. The molecule has 9 heteroatoms. The van der Waals surface area contributed by atoms with E-state index in [1.165, 1.54) is 11.8 Å². The van der Waals surface area contributed by atoms with Gasteiger partial charge in [0, 0.05) is 23.9 Å². The predicted octanol–water partition coefficient (Wildman–Crippen LogP) is 3.60. The fraction of sp³-hybridized carbons (Fsp3) is 0.190. The van der Waals surface area contributed by atoms with Crippen molar-refractivity contribution in [3.63, 3.8) is 0 Å². The minimum Gasteiger partial charge on any atom is -0.497 e. The number of methoxy groups -OCH3 is 1. The minimum atomic E-state index is -0.147. The van der Waals surface area contributed by atoms with E-state index in [0.717, 1.165) is 5.56 Å². The summed E-state index contributed by atoms with van der Waals surface area (Å²) in [4.78, 5) is 12.4. The van der Waals surface area contributed by atoms with Crippen molar-refractivity contribution in [2.75, 3.05) is 25.0 Å². The maximum absolute atomic E-state index is 12.4. The number of amides is 1. The van der Waals surface area contributed by atoms with Crippen LogP contribution in [0.5, 0.6) is 17.2 Å². The Morgan fingerprint density at radius 1 is 1.27 bits per heavy atom. The molecule has 2 heterocycles. The van der Waals surface area contributed by atoms with Gasteiger partial charge in [-0.1, -0.05) is 23.9 Å². The Labute approximate surface area is 177 Å². The number of aromatic nitrogens is 3. The largest absolute Gasteiger partial charge is 0.497 e. The summed E-state index contributed by atoms with van der Waals surface area (Å²) in [6.07, 6.45) is 1.76. The summed E-state index contributed by atoms with van der Waals surface area (Å²) >= 11 is 1.31. The summed E-state index contributed by atoms with van der Waals surface area (Å²) in [7, 11) is 1.58. The van der Waals surface area contributed by atoms with Gasteiger partial charge >= 0.3 is 0 Å². The summed E-state index contributed by atoms with van der Waals surface area (Å²) in [6.45, 7) is 4.54. The van der Waals surface area contributed by atoms with Gasteiger partial charge in [-0.05, 0) is 30.3 Å². The number of benzene rings is 2. The van der Waals surface area contributed by atoms with Gasteiger partial charge in [0.05, 0.1) is 12.9 Å². The highest BCUT2D eigenvalue weighted by molar-refractivity contribution is 7.99. The first-order chi connectivity index (χ1) is 14.7. The van der Waals surface area contributed by atoms with E-state index in [4.69, 9.17) is 14.2 Å². The summed E-state index contributed by atoms with van der Waals surface area (Å²) in [5.74, 6) is 2.77. The standard InChI is InChI=1S/C21H20N4O4S/c1-3-9-25-20(14-7-8-17-18(10-14)29-13-28-17)23-24-21(25)30-12-19(26)22-15-5-4-6-16(11-15)27-2/h3-8,10-11H,1,9,12-13H2,2H3,(H,22,26). The Balaban J connectivity index is 1.47. The average Bonchev–Trinajstić information content (AvgIpc) is 3.39. The van der Waals surface area contributed by atoms with Crippen LogP contribution in [0.25, 0.3) is 11.4 Å². The molecular weight excluding hydrogens is 404 g/mol. The minimum absolute atomic E-state index is 0.147. The second kappa shape index (κ2) is 8.91. The first kappa shape index (κ1) is 19.8. The molecule has 1 aliphatic rings. The quantitative estimate of drug-likeness (QED) is 0.437. The van der Waals surface area contributed by atoms with E-state index in [0.29, 0.717) is 40.5 Å². The molecule has 8 nitrogen and oxygen atoms in total. The van der Waals surface area contributed by atoms with Crippen molar-refractivity contribution in [3.05, 3.63) is 55.1 Å². The zero-order valence-corrected chi connectivity index (χ0v) is 17.1. The highest BCUT2D eigenvalue weighted by atomic mass is 32.2. The van der Waals surface area contributed by atoms with Gasteiger partial charge in [-0.15, -0.1) is 16.8 Å². The first-order valence-electron chi connectivity index (χ1n) is 9.19. The Kier molecular flexibility index (Phi) is 5.89. The predicted molar refractivity (Wildman–Crippen MR) is 114 cm³/mol. The fourth-order valence-electron chi connectivity index (χ4n) is 2.97. The number of nitrogens with zero attached hydrogens (tertiary/aromatic N) is 3. The van der Waals surface area contributed by atoms with E-state index >= 15 is 0 Å². The van der Waals surface area contributed by atoms with Crippen molar-refractivity contribution in [1.29, 1.82) is 0 Å². The van der Waals surface area contributed by atoms with Crippen LogP contribution in [0.15, 0.2) is 60.3 Å². The molecule has 0 saturated carbocycles. The van der Waals surface area contributed by atoms with Crippen LogP contribution in [-0.4, -0.2) is 40.3 Å². The normalized spacial score (nSPS) is 11.9. The average molecular weight is 424 g/mol. The van der Waals surface area contributed by atoms with Crippen LogP contribution < -0.4 is 19.5 Å². The molecule has 0 aliphatic carbocycles. The van der Waals surface area contributed by atoms with Gasteiger partial charge in [0.1, 0.15) is 5.75 Å². The van der Waals surface area contributed by atoms with E-state index in [2.05, 4.69) is 22.1 Å². The van der Waals surface area contributed by atoms with Crippen LogP contribution in [0.1, 0.15) is 0 Å². The second-order valence-electron chi connectivity index (χ2n) is 6.34. The van der Waals surface area contributed by atoms with Crippen LogP contribution in [0.2, 0.25) is 0 Å². The Hall–Kier alpha value is -3.46. The Bertz CT molecular complexity index is 1080. The molecule has 0 spiro atoms. The highest BCUT2D eigenvalue weighted by Gasteiger charge is 2.19. The highest BCUT2D eigenvalue weighted by Crippen LogP contribution is 2.36. The Morgan fingerprint density at radius 2 is 2.13 bits per heavy atom. The number of allylic oxidation sites excluding steroid dienone is 1. The number of hydrogen-bond acceptors (Lipinski definition) is 7. The van der Waals surface area contributed by atoms with E-state index in [9.17, 15) is 4.79 Å². The molecule has 0 bridgehead atoms. The second-order valence-corrected chi connectivity index (χ2v) is 7.28. The fourth-order valence-corrected chi connectivity index (χ4v) is 3.71. The van der Waals surface area contributed by atoms with Crippen LogP contribution in [0, 0.1) is 0 Å². The van der Waals surface area contributed by atoms with Gasteiger partial charge < -0.3 is 19.5 Å². The molecule has 1 amide bonds. The molecule has 3 aromatic rings. The summed E-state index contributed by atoms with van der Waals surface area (Å²) in [5.41, 5.74) is 1.52. The van der Waals surface area contributed by atoms with Gasteiger partial charge in [0.15, 0.2) is 22.5 Å².